The van der Waals surface area contributed by atoms with Crippen LogP contribution in [-0.4, -0.2) is 18.7 Å². The minimum absolute atomic E-state index is 0.241. The Morgan fingerprint density at radius 1 is 1.20 bits per heavy atom. The van der Waals surface area contributed by atoms with Crippen LogP contribution in [0.1, 0.15) is 11.3 Å². The molecule has 30 heavy (non-hydrogen) atoms. The van der Waals surface area contributed by atoms with Crippen molar-refractivity contribution in [3.63, 3.8) is 0 Å². The summed E-state index contributed by atoms with van der Waals surface area (Å²) in [5.41, 5.74) is 1.77. The van der Waals surface area contributed by atoms with Gasteiger partial charge in [0.05, 0.1) is 16.3 Å². The predicted octanol–water partition coefficient (Wildman–Crippen LogP) is 5.91. The van der Waals surface area contributed by atoms with E-state index in [-0.39, 0.29) is 23.7 Å². The number of ether oxygens (including phenoxy) is 1. The summed E-state index contributed by atoms with van der Waals surface area (Å²) < 4.78 is 49.9. The molecule has 5 nitrogen and oxygen atoms in total. The van der Waals surface area contributed by atoms with Gasteiger partial charge in [0, 0.05) is 10.6 Å². The van der Waals surface area contributed by atoms with Crippen molar-refractivity contribution in [2.45, 2.75) is 6.18 Å². The number of benzene rings is 2. The summed E-state index contributed by atoms with van der Waals surface area (Å²) in [5.74, 6) is 0.418. The van der Waals surface area contributed by atoms with Gasteiger partial charge in [-0.3, -0.25) is 4.79 Å². The molecule has 0 bridgehead atoms. The van der Waals surface area contributed by atoms with E-state index >= 15 is 0 Å². The quantitative estimate of drug-likeness (QED) is 0.337. The van der Waals surface area contributed by atoms with Crippen LogP contribution < -0.4 is 10.2 Å². The molecule has 0 fully saturated rings. The zero-order valence-electron chi connectivity index (χ0n) is 15.0. The Kier molecular flexibility index (Phi) is 6.84. The van der Waals surface area contributed by atoms with Crippen LogP contribution in [0.4, 0.5) is 13.2 Å². The number of carbonyl (C=O) groups is 1. The molecule has 3 aromatic rings. The number of hydrogen-bond donors (Lipinski definition) is 1. The molecule has 0 aliphatic rings. The van der Waals surface area contributed by atoms with Crippen molar-refractivity contribution >= 4 is 39.7 Å². The number of alkyl halides is 3. The van der Waals surface area contributed by atoms with Crippen LogP contribution in [0.15, 0.2) is 68.6 Å². The van der Waals surface area contributed by atoms with Crippen molar-refractivity contribution in [2.24, 2.45) is 5.10 Å². The number of halogens is 5. The number of nitrogens with one attached hydrogen (secondary N) is 1. The van der Waals surface area contributed by atoms with Crippen molar-refractivity contribution < 1.29 is 27.1 Å². The molecule has 1 heterocycles. The first kappa shape index (κ1) is 21.9. The number of hydrogen-bond acceptors (Lipinski definition) is 4. The predicted molar refractivity (Wildman–Crippen MR) is 110 cm³/mol. The number of furan rings is 1. The second kappa shape index (κ2) is 9.36. The first-order chi connectivity index (χ1) is 14.2. The normalized spacial score (nSPS) is 11.6. The Morgan fingerprint density at radius 2 is 2.00 bits per heavy atom. The Bertz CT molecular complexity index is 1080. The molecular weight excluding hydrogens is 489 g/mol. The van der Waals surface area contributed by atoms with E-state index in [1.54, 1.807) is 18.2 Å². The number of hydrazone groups is 1. The first-order valence-corrected chi connectivity index (χ1v) is 9.57. The number of rotatable bonds is 6. The second-order valence-electron chi connectivity index (χ2n) is 5.94. The molecule has 0 unspecified atom stereocenters. The standard InChI is InChI=1S/C20H13BrClF3N2O3/c21-16-9-14(22)4-6-18(16)29-11-19(28)27-26-10-15-5-7-17(30-15)12-2-1-3-13(8-12)20(23,24)25/h1-10H,11H2,(H,27,28)/b26-10-. The van der Waals surface area contributed by atoms with E-state index < -0.39 is 17.6 Å². The molecule has 0 spiro atoms. The van der Waals surface area contributed by atoms with Crippen LogP contribution in [0.3, 0.4) is 0 Å². The zero-order valence-corrected chi connectivity index (χ0v) is 17.4. The maximum Gasteiger partial charge on any atom is 0.416 e. The summed E-state index contributed by atoms with van der Waals surface area (Å²) in [6.07, 6.45) is -3.21. The third-order valence-electron chi connectivity index (χ3n) is 3.73. The summed E-state index contributed by atoms with van der Waals surface area (Å²) in [7, 11) is 0. The number of nitrogens with zero attached hydrogens (tertiary/aromatic N) is 1. The van der Waals surface area contributed by atoms with Crippen LogP contribution in [-0.2, 0) is 11.0 Å². The molecule has 0 radical (unpaired) electrons. The summed E-state index contributed by atoms with van der Waals surface area (Å²) in [5, 5.41) is 4.26. The molecule has 2 aromatic carbocycles. The molecule has 1 aromatic heterocycles. The molecule has 1 amide bonds. The van der Waals surface area contributed by atoms with Gasteiger partial charge in [0.1, 0.15) is 17.3 Å². The molecule has 156 valence electrons. The maximum absolute atomic E-state index is 12.8. The van der Waals surface area contributed by atoms with Gasteiger partial charge < -0.3 is 9.15 Å². The summed E-state index contributed by atoms with van der Waals surface area (Å²) in [4.78, 5) is 11.8. The molecule has 0 atom stereocenters. The van der Waals surface area contributed by atoms with Crippen molar-refractivity contribution in [3.05, 3.63) is 75.4 Å². The van der Waals surface area contributed by atoms with Gasteiger partial charge in [-0.05, 0) is 58.4 Å². The first-order valence-electron chi connectivity index (χ1n) is 8.39. The summed E-state index contributed by atoms with van der Waals surface area (Å²) >= 11 is 9.10. The minimum atomic E-state index is -4.44. The highest BCUT2D eigenvalue weighted by atomic mass is 79.9. The Balaban J connectivity index is 1.56. The lowest BCUT2D eigenvalue weighted by Crippen LogP contribution is -2.24. The summed E-state index contributed by atoms with van der Waals surface area (Å²) in [6.45, 7) is -0.286. The third-order valence-corrected chi connectivity index (χ3v) is 4.59. The van der Waals surface area contributed by atoms with Crippen molar-refractivity contribution in [1.82, 2.24) is 5.43 Å². The van der Waals surface area contributed by atoms with E-state index in [0.29, 0.717) is 15.2 Å². The van der Waals surface area contributed by atoms with Gasteiger partial charge in [0.25, 0.3) is 5.91 Å². The van der Waals surface area contributed by atoms with Gasteiger partial charge in [-0.15, -0.1) is 0 Å². The Morgan fingerprint density at radius 3 is 2.73 bits per heavy atom. The van der Waals surface area contributed by atoms with Gasteiger partial charge in [-0.1, -0.05) is 23.7 Å². The number of carbonyl (C=O) groups excluding carboxylic acids is 1. The van der Waals surface area contributed by atoms with E-state index in [0.717, 1.165) is 12.1 Å². The second-order valence-corrected chi connectivity index (χ2v) is 7.23. The highest BCUT2D eigenvalue weighted by molar-refractivity contribution is 9.10. The molecule has 0 aliphatic heterocycles. The topological polar surface area (TPSA) is 63.8 Å². The average molecular weight is 502 g/mol. The molecule has 0 aliphatic carbocycles. The smallest absolute Gasteiger partial charge is 0.416 e. The lowest BCUT2D eigenvalue weighted by molar-refractivity contribution is -0.137. The van der Waals surface area contributed by atoms with E-state index in [9.17, 15) is 18.0 Å². The molecule has 0 saturated carbocycles. The summed E-state index contributed by atoms with van der Waals surface area (Å²) in [6, 6.07) is 12.7. The highest BCUT2D eigenvalue weighted by Crippen LogP contribution is 2.32. The Hall–Kier alpha value is -2.78. The fourth-order valence-electron chi connectivity index (χ4n) is 2.36. The molecule has 0 saturated heterocycles. The fourth-order valence-corrected chi connectivity index (χ4v) is 3.16. The van der Waals surface area contributed by atoms with Crippen LogP contribution in [0, 0.1) is 0 Å². The van der Waals surface area contributed by atoms with Gasteiger partial charge in [-0.2, -0.15) is 18.3 Å². The fraction of sp³-hybridized carbons (Fsp3) is 0.100. The largest absolute Gasteiger partial charge is 0.483 e. The lowest BCUT2D eigenvalue weighted by atomic mass is 10.1. The van der Waals surface area contributed by atoms with Crippen molar-refractivity contribution in [2.75, 3.05) is 6.61 Å². The van der Waals surface area contributed by atoms with Crippen LogP contribution >= 0.6 is 27.5 Å². The van der Waals surface area contributed by atoms with Gasteiger partial charge in [0.2, 0.25) is 0 Å². The van der Waals surface area contributed by atoms with Crippen molar-refractivity contribution in [3.8, 4) is 17.1 Å². The Labute approximate surface area is 182 Å². The molecule has 1 N–H and O–H groups in total. The zero-order chi connectivity index (χ0) is 21.7. The molecular formula is C20H13BrClF3N2O3. The minimum Gasteiger partial charge on any atom is -0.483 e. The lowest BCUT2D eigenvalue weighted by Gasteiger charge is -2.07. The number of amides is 1. The van der Waals surface area contributed by atoms with Gasteiger partial charge >= 0.3 is 6.18 Å². The van der Waals surface area contributed by atoms with Gasteiger partial charge in [0.15, 0.2) is 6.61 Å². The van der Waals surface area contributed by atoms with E-state index in [1.165, 1.54) is 30.5 Å². The van der Waals surface area contributed by atoms with E-state index in [2.05, 4.69) is 26.5 Å². The van der Waals surface area contributed by atoms with Crippen LogP contribution in [0.2, 0.25) is 5.02 Å². The van der Waals surface area contributed by atoms with Crippen LogP contribution in [0.5, 0.6) is 5.75 Å². The SMILES string of the molecule is O=C(COc1ccc(Cl)cc1Br)N/N=C\c1ccc(-c2cccc(C(F)(F)F)c2)o1. The highest BCUT2D eigenvalue weighted by Gasteiger charge is 2.30. The van der Waals surface area contributed by atoms with Crippen LogP contribution in [0.25, 0.3) is 11.3 Å². The third kappa shape index (κ3) is 5.87. The monoisotopic (exact) mass is 500 g/mol. The molecule has 3 rings (SSSR count). The van der Waals surface area contributed by atoms with Gasteiger partial charge in [-0.25, -0.2) is 5.43 Å². The average Bonchev–Trinajstić information content (AvgIpc) is 3.16. The maximum atomic E-state index is 12.8. The molecule has 10 heteroatoms. The van der Waals surface area contributed by atoms with E-state index in [1.807, 2.05) is 0 Å². The van der Waals surface area contributed by atoms with Crippen molar-refractivity contribution in [1.29, 1.82) is 0 Å². The van der Waals surface area contributed by atoms with E-state index in [4.69, 9.17) is 20.8 Å².